The molecule has 1 aliphatic rings. The predicted molar refractivity (Wildman–Crippen MR) is 53.3 cm³/mol. The Hall–Kier alpha value is -1.64. The highest BCUT2D eigenvalue weighted by Gasteiger charge is 2.25. The van der Waals surface area contributed by atoms with E-state index in [1.807, 2.05) is 31.2 Å². The second-order valence-corrected chi connectivity index (χ2v) is 3.40. The van der Waals surface area contributed by atoms with E-state index in [0.29, 0.717) is 5.90 Å². The first-order valence-corrected chi connectivity index (χ1v) is 4.53. The third kappa shape index (κ3) is 1.53. The highest BCUT2D eigenvalue weighted by molar-refractivity contribution is 6.05. The smallest absolute Gasteiger partial charge is 0.337 e. The monoisotopic (exact) mass is 189 g/mol. The van der Waals surface area contributed by atoms with Crippen LogP contribution in [0.5, 0.6) is 0 Å². The van der Waals surface area contributed by atoms with Crippen LogP contribution in [0.3, 0.4) is 0 Å². The van der Waals surface area contributed by atoms with Crippen LogP contribution in [0.2, 0.25) is 0 Å². The lowest BCUT2D eigenvalue weighted by Gasteiger charge is -1.99. The van der Waals surface area contributed by atoms with Gasteiger partial charge >= 0.3 is 5.97 Å². The average molecular weight is 189 g/mol. The predicted octanol–water partition coefficient (Wildman–Crippen LogP) is 1.69. The molecule has 0 saturated carbocycles. The lowest BCUT2D eigenvalue weighted by Crippen LogP contribution is -2.10. The van der Waals surface area contributed by atoms with Gasteiger partial charge in [0.1, 0.15) is 6.04 Å². The molecule has 1 atom stereocenters. The lowest BCUT2D eigenvalue weighted by molar-refractivity contribution is -0.134. The van der Waals surface area contributed by atoms with Crippen LogP contribution in [-0.2, 0) is 9.53 Å². The Morgan fingerprint density at radius 2 is 1.93 bits per heavy atom. The van der Waals surface area contributed by atoms with Crippen molar-refractivity contribution in [3.63, 3.8) is 0 Å². The Bertz CT molecular complexity index is 392. The summed E-state index contributed by atoms with van der Waals surface area (Å²) >= 11 is 0. The Morgan fingerprint density at radius 1 is 1.29 bits per heavy atom. The molecule has 0 amide bonds. The second-order valence-electron chi connectivity index (χ2n) is 3.40. The van der Waals surface area contributed by atoms with Crippen molar-refractivity contribution in [2.24, 2.45) is 4.99 Å². The highest BCUT2D eigenvalue weighted by atomic mass is 16.6. The van der Waals surface area contributed by atoms with Gasteiger partial charge in [-0.2, -0.15) is 0 Å². The molecule has 72 valence electrons. The van der Waals surface area contributed by atoms with Gasteiger partial charge in [-0.05, 0) is 26.0 Å². The van der Waals surface area contributed by atoms with Crippen LogP contribution >= 0.6 is 0 Å². The van der Waals surface area contributed by atoms with E-state index in [4.69, 9.17) is 4.74 Å². The molecule has 0 radical (unpaired) electrons. The first-order chi connectivity index (χ1) is 6.66. The zero-order valence-electron chi connectivity index (χ0n) is 8.15. The average Bonchev–Trinajstić information content (AvgIpc) is 2.48. The van der Waals surface area contributed by atoms with Crippen molar-refractivity contribution in [3.05, 3.63) is 35.4 Å². The number of benzene rings is 1. The largest absolute Gasteiger partial charge is 0.406 e. The summed E-state index contributed by atoms with van der Waals surface area (Å²) in [5, 5.41) is 0. The number of aryl methyl sites for hydroxylation is 1. The number of rotatable bonds is 1. The summed E-state index contributed by atoms with van der Waals surface area (Å²) in [6.07, 6.45) is 0. The molecule has 0 saturated heterocycles. The molecule has 0 aliphatic carbocycles. The number of carbonyl (C=O) groups excluding carboxylic acids is 1. The summed E-state index contributed by atoms with van der Waals surface area (Å²) in [4.78, 5) is 15.2. The van der Waals surface area contributed by atoms with Crippen molar-refractivity contribution in [1.82, 2.24) is 0 Å². The minimum atomic E-state index is -0.369. The summed E-state index contributed by atoms with van der Waals surface area (Å²) in [7, 11) is 0. The van der Waals surface area contributed by atoms with Crippen molar-refractivity contribution < 1.29 is 9.53 Å². The molecule has 14 heavy (non-hydrogen) atoms. The number of esters is 1. The number of cyclic esters (lactones) is 1. The van der Waals surface area contributed by atoms with E-state index in [2.05, 4.69) is 4.99 Å². The SMILES string of the molecule is Cc1ccc(C2=N[C@@H](C)C(=O)O2)cc1. The van der Waals surface area contributed by atoms with Crippen molar-refractivity contribution in [2.45, 2.75) is 19.9 Å². The van der Waals surface area contributed by atoms with Crippen molar-refractivity contribution >= 4 is 11.9 Å². The van der Waals surface area contributed by atoms with Gasteiger partial charge < -0.3 is 4.74 Å². The number of hydrogen-bond acceptors (Lipinski definition) is 3. The van der Waals surface area contributed by atoms with Crippen LogP contribution in [0.25, 0.3) is 0 Å². The molecule has 3 heteroatoms. The van der Waals surface area contributed by atoms with Gasteiger partial charge in [0.15, 0.2) is 0 Å². The molecule has 1 heterocycles. The van der Waals surface area contributed by atoms with E-state index in [1.165, 1.54) is 5.56 Å². The number of ether oxygens (including phenoxy) is 1. The van der Waals surface area contributed by atoms with Crippen molar-refractivity contribution in [2.75, 3.05) is 0 Å². The van der Waals surface area contributed by atoms with Gasteiger partial charge in [0.2, 0.25) is 5.90 Å². The van der Waals surface area contributed by atoms with Crippen molar-refractivity contribution in [1.29, 1.82) is 0 Å². The van der Waals surface area contributed by atoms with Crippen molar-refractivity contribution in [3.8, 4) is 0 Å². The Labute approximate surface area is 82.4 Å². The van der Waals surface area contributed by atoms with Gasteiger partial charge in [-0.15, -0.1) is 0 Å². The minimum absolute atomic E-state index is 0.277. The van der Waals surface area contributed by atoms with Gasteiger partial charge in [-0.3, -0.25) is 0 Å². The van der Waals surface area contributed by atoms with Gasteiger partial charge in [0, 0.05) is 5.56 Å². The Morgan fingerprint density at radius 3 is 2.43 bits per heavy atom. The summed E-state index contributed by atoms with van der Waals surface area (Å²) in [6, 6.07) is 7.37. The summed E-state index contributed by atoms with van der Waals surface area (Å²) in [5.41, 5.74) is 2.03. The third-order valence-corrected chi connectivity index (χ3v) is 2.15. The zero-order valence-corrected chi connectivity index (χ0v) is 8.15. The second kappa shape index (κ2) is 3.25. The minimum Gasteiger partial charge on any atom is -0.406 e. The molecule has 0 fully saturated rings. The number of carbonyl (C=O) groups is 1. The molecule has 0 bridgehead atoms. The fourth-order valence-corrected chi connectivity index (χ4v) is 1.27. The van der Waals surface area contributed by atoms with E-state index in [0.717, 1.165) is 5.56 Å². The van der Waals surface area contributed by atoms with E-state index in [1.54, 1.807) is 6.92 Å². The molecule has 3 nitrogen and oxygen atoms in total. The fourth-order valence-electron chi connectivity index (χ4n) is 1.27. The summed E-state index contributed by atoms with van der Waals surface area (Å²) in [5.74, 6) is 0.156. The molecule has 0 spiro atoms. The van der Waals surface area contributed by atoms with Gasteiger partial charge in [-0.1, -0.05) is 17.7 Å². The molecule has 2 rings (SSSR count). The van der Waals surface area contributed by atoms with Gasteiger partial charge in [0.25, 0.3) is 0 Å². The van der Waals surface area contributed by atoms with Crippen LogP contribution < -0.4 is 0 Å². The molecule has 1 aromatic rings. The maximum Gasteiger partial charge on any atom is 0.337 e. The number of nitrogens with zero attached hydrogens (tertiary/aromatic N) is 1. The highest BCUT2D eigenvalue weighted by Crippen LogP contribution is 2.13. The van der Waals surface area contributed by atoms with E-state index >= 15 is 0 Å². The Balaban J connectivity index is 2.29. The molecular weight excluding hydrogens is 178 g/mol. The van der Waals surface area contributed by atoms with Gasteiger partial charge in [-0.25, -0.2) is 9.79 Å². The molecule has 0 N–H and O–H groups in total. The molecule has 0 aromatic heterocycles. The zero-order chi connectivity index (χ0) is 10.1. The maximum absolute atomic E-state index is 11.1. The van der Waals surface area contributed by atoms with E-state index in [-0.39, 0.29) is 12.0 Å². The molecule has 1 aromatic carbocycles. The molecule has 0 unspecified atom stereocenters. The first-order valence-electron chi connectivity index (χ1n) is 4.53. The van der Waals surface area contributed by atoms with Crippen LogP contribution in [-0.4, -0.2) is 17.9 Å². The molecule has 1 aliphatic heterocycles. The topological polar surface area (TPSA) is 38.7 Å². The normalized spacial score (nSPS) is 20.6. The Kier molecular flexibility index (Phi) is 2.08. The van der Waals surface area contributed by atoms with Gasteiger partial charge in [0.05, 0.1) is 0 Å². The fraction of sp³-hybridized carbons (Fsp3) is 0.273. The van der Waals surface area contributed by atoms with E-state index < -0.39 is 0 Å². The van der Waals surface area contributed by atoms with Crippen LogP contribution in [0.4, 0.5) is 0 Å². The third-order valence-electron chi connectivity index (χ3n) is 2.15. The maximum atomic E-state index is 11.1. The lowest BCUT2D eigenvalue weighted by atomic mass is 10.1. The standard InChI is InChI=1S/C11H11NO2/c1-7-3-5-9(6-4-7)10-12-8(2)11(13)14-10/h3-6,8H,1-2H3/t8-/m0/s1. The summed E-state index contributed by atoms with van der Waals surface area (Å²) < 4.78 is 5.01. The summed E-state index contributed by atoms with van der Waals surface area (Å²) in [6.45, 7) is 3.73. The van der Waals surface area contributed by atoms with Crippen LogP contribution in [0.1, 0.15) is 18.1 Å². The van der Waals surface area contributed by atoms with Crippen LogP contribution in [0, 0.1) is 6.92 Å². The van der Waals surface area contributed by atoms with Crippen LogP contribution in [0.15, 0.2) is 29.3 Å². The first kappa shape index (κ1) is 8.94. The van der Waals surface area contributed by atoms with E-state index in [9.17, 15) is 4.79 Å². The number of hydrogen-bond donors (Lipinski definition) is 0. The molecular formula is C11H11NO2. The quantitative estimate of drug-likeness (QED) is 0.630. The number of aliphatic imine (C=N–C) groups is 1.